The van der Waals surface area contributed by atoms with E-state index in [-0.39, 0.29) is 0 Å². The molecule has 124 valence electrons. The quantitative estimate of drug-likeness (QED) is 0.808. The summed E-state index contributed by atoms with van der Waals surface area (Å²) < 4.78 is 0.994. The van der Waals surface area contributed by atoms with Crippen LogP contribution in [0.25, 0.3) is 0 Å². The van der Waals surface area contributed by atoms with Crippen LogP contribution in [-0.2, 0) is 0 Å². The number of likely N-dealkylation sites (N-methyl/N-ethyl adjacent to an activating group) is 1. The number of benzene rings is 1. The van der Waals surface area contributed by atoms with Crippen molar-refractivity contribution < 1.29 is 0 Å². The molecule has 6 heteroatoms. The second-order valence-electron chi connectivity index (χ2n) is 6.12. The number of hydrogen-bond acceptors (Lipinski definition) is 5. The first kappa shape index (κ1) is 16.7. The van der Waals surface area contributed by atoms with Gasteiger partial charge in [0.1, 0.15) is 6.07 Å². The fourth-order valence-corrected chi connectivity index (χ4v) is 3.47. The molecule has 0 N–H and O–H groups in total. The number of aryl methyl sites for hydroxylation is 1. The molecule has 0 aliphatic carbocycles. The van der Waals surface area contributed by atoms with Gasteiger partial charge in [0, 0.05) is 42.5 Å². The van der Waals surface area contributed by atoms with E-state index < -0.39 is 0 Å². The van der Waals surface area contributed by atoms with Crippen LogP contribution in [0.15, 0.2) is 34.9 Å². The van der Waals surface area contributed by atoms with E-state index in [9.17, 15) is 5.26 Å². The Morgan fingerprint density at radius 3 is 2.96 bits per heavy atom. The van der Waals surface area contributed by atoms with Crippen LogP contribution >= 0.6 is 15.9 Å². The summed E-state index contributed by atoms with van der Waals surface area (Å²) in [5.74, 6) is 0.761. The third-order valence-electron chi connectivity index (χ3n) is 4.46. The first-order valence-corrected chi connectivity index (χ1v) is 8.85. The highest BCUT2D eigenvalue weighted by molar-refractivity contribution is 9.10. The molecule has 1 aromatic heterocycles. The van der Waals surface area contributed by atoms with Crippen molar-refractivity contribution >= 4 is 27.6 Å². The minimum Gasteiger partial charge on any atom is -0.368 e. The van der Waals surface area contributed by atoms with Crippen molar-refractivity contribution in [1.82, 2.24) is 9.97 Å². The number of nitrogens with zero attached hydrogens (tertiary/aromatic N) is 5. The molecule has 1 saturated heterocycles. The monoisotopic (exact) mass is 385 g/mol. The summed E-state index contributed by atoms with van der Waals surface area (Å²) in [7, 11) is 2.05. The van der Waals surface area contributed by atoms with Gasteiger partial charge < -0.3 is 9.80 Å². The summed E-state index contributed by atoms with van der Waals surface area (Å²) in [6, 6.07) is 10.4. The molecule has 24 heavy (non-hydrogen) atoms. The van der Waals surface area contributed by atoms with Crippen LogP contribution in [0, 0.1) is 18.3 Å². The Balaban J connectivity index is 1.82. The molecule has 1 aromatic carbocycles. The van der Waals surface area contributed by atoms with Crippen molar-refractivity contribution in [1.29, 1.82) is 5.26 Å². The van der Waals surface area contributed by atoms with Gasteiger partial charge in [-0.2, -0.15) is 5.26 Å². The Morgan fingerprint density at radius 2 is 2.21 bits per heavy atom. The summed E-state index contributed by atoms with van der Waals surface area (Å²) >= 11 is 3.51. The Kier molecular flexibility index (Phi) is 5.00. The molecule has 5 nitrogen and oxygen atoms in total. The highest BCUT2D eigenvalue weighted by Crippen LogP contribution is 2.29. The molecule has 3 rings (SSSR count). The van der Waals surface area contributed by atoms with Crippen LogP contribution < -0.4 is 9.80 Å². The lowest BCUT2D eigenvalue weighted by Gasteiger charge is -2.39. The van der Waals surface area contributed by atoms with E-state index in [1.54, 1.807) is 6.20 Å². The van der Waals surface area contributed by atoms with Crippen LogP contribution in [0.5, 0.6) is 0 Å². The lowest BCUT2D eigenvalue weighted by molar-refractivity contribution is 0.483. The van der Waals surface area contributed by atoms with Crippen LogP contribution in [0.1, 0.15) is 24.1 Å². The van der Waals surface area contributed by atoms with Gasteiger partial charge in [0.2, 0.25) is 5.95 Å². The molecule has 1 unspecified atom stereocenters. The minimum absolute atomic E-state index is 0.325. The summed E-state index contributed by atoms with van der Waals surface area (Å²) in [5.41, 5.74) is 2.68. The maximum absolute atomic E-state index is 9.40. The number of piperidine rings is 1. The average Bonchev–Trinajstić information content (AvgIpc) is 2.61. The molecular formula is C18H20BrN5. The summed E-state index contributed by atoms with van der Waals surface area (Å²) in [4.78, 5) is 13.4. The first-order chi connectivity index (χ1) is 11.6. The van der Waals surface area contributed by atoms with E-state index in [0.29, 0.717) is 11.6 Å². The van der Waals surface area contributed by atoms with Gasteiger partial charge in [-0.25, -0.2) is 9.97 Å². The summed E-state index contributed by atoms with van der Waals surface area (Å²) in [5, 5.41) is 9.40. The predicted octanol–water partition coefficient (Wildman–Crippen LogP) is 3.52. The van der Waals surface area contributed by atoms with Crippen molar-refractivity contribution in [3.63, 3.8) is 0 Å². The van der Waals surface area contributed by atoms with Crippen LogP contribution in [0.3, 0.4) is 0 Å². The van der Waals surface area contributed by atoms with Gasteiger partial charge in [-0.1, -0.05) is 15.9 Å². The largest absolute Gasteiger partial charge is 0.368 e. The smallest absolute Gasteiger partial charge is 0.225 e. The van der Waals surface area contributed by atoms with Gasteiger partial charge in [-0.05, 0) is 44.0 Å². The molecule has 0 spiro atoms. The third kappa shape index (κ3) is 3.51. The molecule has 1 fully saturated rings. The highest BCUT2D eigenvalue weighted by Gasteiger charge is 2.26. The molecule has 0 radical (unpaired) electrons. The lowest BCUT2D eigenvalue weighted by Crippen LogP contribution is -2.47. The maximum Gasteiger partial charge on any atom is 0.225 e. The summed E-state index contributed by atoms with van der Waals surface area (Å²) in [6.45, 7) is 3.80. The zero-order valence-corrected chi connectivity index (χ0v) is 15.5. The number of anilines is 2. The second kappa shape index (κ2) is 7.18. The van der Waals surface area contributed by atoms with Gasteiger partial charge in [-0.15, -0.1) is 0 Å². The van der Waals surface area contributed by atoms with E-state index >= 15 is 0 Å². The molecular weight excluding hydrogens is 366 g/mol. The third-order valence-corrected chi connectivity index (χ3v) is 4.96. The van der Waals surface area contributed by atoms with Crippen LogP contribution in [0.2, 0.25) is 0 Å². The van der Waals surface area contributed by atoms with Crippen molar-refractivity contribution in [2.45, 2.75) is 25.8 Å². The fourth-order valence-electron chi connectivity index (χ4n) is 3.12. The molecule has 0 bridgehead atoms. The van der Waals surface area contributed by atoms with Gasteiger partial charge in [-0.3, -0.25) is 0 Å². The number of aromatic nitrogens is 2. The van der Waals surface area contributed by atoms with E-state index in [1.807, 2.05) is 31.2 Å². The van der Waals surface area contributed by atoms with Gasteiger partial charge in [0.25, 0.3) is 0 Å². The molecule has 2 heterocycles. The van der Waals surface area contributed by atoms with Crippen molar-refractivity contribution in [3.05, 3.63) is 46.2 Å². The minimum atomic E-state index is 0.325. The van der Waals surface area contributed by atoms with Gasteiger partial charge in [0.05, 0.1) is 11.3 Å². The molecule has 2 aromatic rings. The maximum atomic E-state index is 9.40. The zero-order chi connectivity index (χ0) is 17.1. The highest BCUT2D eigenvalue weighted by atomic mass is 79.9. The first-order valence-electron chi connectivity index (χ1n) is 8.05. The Hall–Kier alpha value is -2.13. The van der Waals surface area contributed by atoms with Crippen molar-refractivity contribution in [3.8, 4) is 6.07 Å². The molecule has 0 amide bonds. The normalized spacial score (nSPS) is 17.4. The predicted molar refractivity (Wildman–Crippen MR) is 99.3 cm³/mol. The van der Waals surface area contributed by atoms with E-state index in [4.69, 9.17) is 0 Å². The van der Waals surface area contributed by atoms with E-state index in [2.05, 4.69) is 48.8 Å². The number of hydrogen-bond donors (Lipinski definition) is 0. The number of nitriles is 1. The van der Waals surface area contributed by atoms with Crippen molar-refractivity contribution in [2.75, 3.05) is 29.9 Å². The number of halogens is 1. The van der Waals surface area contributed by atoms with E-state index in [1.165, 1.54) is 0 Å². The fraction of sp³-hybridized carbons (Fsp3) is 0.389. The Labute approximate surface area is 151 Å². The van der Waals surface area contributed by atoms with Crippen LogP contribution in [-0.4, -0.2) is 36.1 Å². The molecule has 0 saturated carbocycles. The average molecular weight is 386 g/mol. The van der Waals surface area contributed by atoms with Crippen LogP contribution in [0.4, 0.5) is 11.6 Å². The van der Waals surface area contributed by atoms with Gasteiger partial charge in [0.15, 0.2) is 0 Å². The SMILES string of the molecule is Cc1ccnc(N(C)C2CCCN(c3cc(Br)ccc3C#N)C2)n1. The standard InChI is InChI=1S/C18H20BrN5/c1-13-7-8-21-18(22-13)23(2)16-4-3-9-24(12-16)17-10-15(19)6-5-14(17)11-20/h5-8,10,16H,3-4,9,12H2,1-2H3. The summed E-state index contributed by atoms with van der Waals surface area (Å²) in [6.07, 6.45) is 3.98. The van der Waals surface area contributed by atoms with Crippen molar-refractivity contribution in [2.24, 2.45) is 0 Å². The molecule has 1 aliphatic heterocycles. The zero-order valence-electron chi connectivity index (χ0n) is 13.9. The number of rotatable bonds is 3. The topological polar surface area (TPSA) is 56.1 Å². The Bertz CT molecular complexity index is 770. The lowest BCUT2D eigenvalue weighted by atomic mass is 10.0. The molecule has 1 aliphatic rings. The Morgan fingerprint density at radius 1 is 1.38 bits per heavy atom. The van der Waals surface area contributed by atoms with E-state index in [0.717, 1.165) is 47.7 Å². The van der Waals surface area contributed by atoms with Gasteiger partial charge >= 0.3 is 0 Å². The molecule has 1 atom stereocenters. The second-order valence-corrected chi connectivity index (χ2v) is 7.04.